The number of aryl methyl sites for hydroxylation is 2. The van der Waals surface area contributed by atoms with Crippen LogP contribution in [0.1, 0.15) is 28.4 Å². The molecular formula is C16H16O3. The summed E-state index contributed by atoms with van der Waals surface area (Å²) in [5.74, 6) is 0.0298. The van der Waals surface area contributed by atoms with Gasteiger partial charge in [0.05, 0.1) is 0 Å². The first-order valence-corrected chi connectivity index (χ1v) is 6.21. The van der Waals surface area contributed by atoms with E-state index in [1.165, 1.54) is 5.56 Å². The van der Waals surface area contributed by atoms with Gasteiger partial charge in [-0.1, -0.05) is 25.1 Å². The maximum absolute atomic E-state index is 11.1. The predicted octanol–water partition coefficient (Wildman–Crippen LogP) is 4.05. The molecule has 2 aromatic carbocycles. The van der Waals surface area contributed by atoms with Crippen molar-refractivity contribution in [1.82, 2.24) is 0 Å². The Hall–Kier alpha value is -2.29. The van der Waals surface area contributed by atoms with Crippen molar-refractivity contribution in [3.63, 3.8) is 0 Å². The number of hydrogen-bond donors (Lipinski definition) is 1. The Morgan fingerprint density at radius 3 is 2.42 bits per heavy atom. The van der Waals surface area contributed by atoms with Crippen LogP contribution in [0.5, 0.6) is 11.5 Å². The van der Waals surface area contributed by atoms with Crippen LogP contribution in [0.15, 0.2) is 42.5 Å². The fraction of sp³-hybridized carbons (Fsp3) is 0.188. The van der Waals surface area contributed by atoms with E-state index >= 15 is 0 Å². The molecule has 0 spiro atoms. The minimum Gasteiger partial charge on any atom is -0.478 e. The van der Waals surface area contributed by atoms with Gasteiger partial charge in [0.15, 0.2) is 0 Å². The third-order valence-corrected chi connectivity index (χ3v) is 2.93. The molecule has 0 aliphatic rings. The molecule has 0 atom stereocenters. The Balaban J connectivity index is 2.31. The Labute approximate surface area is 112 Å². The first-order chi connectivity index (χ1) is 9.10. The third kappa shape index (κ3) is 3.13. The van der Waals surface area contributed by atoms with Gasteiger partial charge in [0, 0.05) is 0 Å². The summed E-state index contributed by atoms with van der Waals surface area (Å²) in [6.07, 6.45) is 0.963. The topological polar surface area (TPSA) is 46.5 Å². The average molecular weight is 256 g/mol. The highest BCUT2D eigenvalue weighted by Crippen LogP contribution is 2.27. The van der Waals surface area contributed by atoms with Gasteiger partial charge in [0.2, 0.25) is 0 Å². The zero-order valence-electron chi connectivity index (χ0n) is 11.0. The lowest BCUT2D eigenvalue weighted by molar-refractivity contribution is 0.0694. The van der Waals surface area contributed by atoms with Gasteiger partial charge in [-0.2, -0.15) is 0 Å². The quantitative estimate of drug-likeness (QED) is 0.897. The van der Waals surface area contributed by atoms with Crippen LogP contribution < -0.4 is 4.74 Å². The zero-order valence-corrected chi connectivity index (χ0v) is 11.0. The van der Waals surface area contributed by atoms with Crippen molar-refractivity contribution in [1.29, 1.82) is 0 Å². The van der Waals surface area contributed by atoms with Crippen molar-refractivity contribution in [2.24, 2.45) is 0 Å². The molecule has 0 heterocycles. The Morgan fingerprint density at radius 2 is 1.84 bits per heavy atom. The summed E-state index contributed by atoms with van der Waals surface area (Å²) < 4.78 is 5.67. The lowest BCUT2D eigenvalue weighted by Crippen LogP contribution is -2.00. The van der Waals surface area contributed by atoms with Crippen LogP contribution in [-0.4, -0.2) is 11.1 Å². The minimum absolute atomic E-state index is 0.171. The van der Waals surface area contributed by atoms with Gasteiger partial charge in [-0.15, -0.1) is 0 Å². The van der Waals surface area contributed by atoms with Gasteiger partial charge in [0.1, 0.15) is 17.1 Å². The minimum atomic E-state index is -0.986. The normalized spacial score (nSPS) is 10.2. The molecule has 98 valence electrons. The first kappa shape index (κ1) is 13.1. The van der Waals surface area contributed by atoms with Crippen LogP contribution in [0.25, 0.3) is 0 Å². The van der Waals surface area contributed by atoms with E-state index in [-0.39, 0.29) is 5.56 Å². The molecule has 0 aliphatic carbocycles. The van der Waals surface area contributed by atoms with E-state index in [2.05, 4.69) is 6.92 Å². The lowest BCUT2D eigenvalue weighted by Gasteiger charge is -2.10. The Kier molecular flexibility index (Phi) is 3.85. The van der Waals surface area contributed by atoms with Crippen molar-refractivity contribution >= 4 is 5.97 Å². The van der Waals surface area contributed by atoms with Gasteiger partial charge in [-0.05, 0) is 48.7 Å². The van der Waals surface area contributed by atoms with E-state index in [0.29, 0.717) is 11.5 Å². The highest BCUT2D eigenvalue weighted by molar-refractivity contribution is 5.91. The first-order valence-electron chi connectivity index (χ1n) is 6.21. The van der Waals surface area contributed by atoms with Crippen LogP contribution in [0, 0.1) is 6.92 Å². The molecule has 0 aliphatic heterocycles. The maximum Gasteiger partial charge on any atom is 0.339 e. The number of carbonyl (C=O) groups is 1. The SMILES string of the molecule is CCc1ccc(Oc2cc(C)ccc2C(=O)O)cc1. The summed E-state index contributed by atoms with van der Waals surface area (Å²) in [6, 6.07) is 12.7. The third-order valence-electron chi connectivity index (χ3n) is 2.93. The molecule has 19 heavy (non-hydrogen) atoms. The van der Waals surface area contributed by atoms with E-state index in [0.717, 1.165) is 12.0 Å². The standard InChI is InChI=1S/C16H16O3/c1-3-12-5-7-13(8-6-12)19-15-10-11(2)4-9-14(15)16(17)18/h4-10H,3H2,1-2H3,(H,17,18). The van der Waals surface area contributed by atoms with Gasteiger partial charge < -0.3 is 9.84 Å². The molecule has 2 rings (SSSR count). The fourth-order valence-electron chi connectivity index (χ4n) is 1.81. The summed E-state index contributed by atoms with van der Waals surface area (Å²) in [5, 5.41) is 9.14. The number of ether oxygens (including phenoxy) is 1. The number of benzene rings is 2. The number of carboxylic acids is 1. The van der Waals surface area contributed by atoms with Crippen molar-refractivity contribution in [3.8, 4) is 11.5 Å². The highest BCUT2D eigenvalue weighted by Gasteiger charge is 2.12. The van der Waals surface area contributed by atoms with Crippen LogP contribution in [0.2, 0.25) is 0 Å². The predicted molar refractivity (Wildman–Crippen MR) is 74.0 cm³/mol. The van der Waals surface area contributed by atoms with Gasteiger partial charge in [-0.25, -0.2) is 4.79 Å². The highest BCUT2D eigenvalue weighted by atomic mass is 16.5. The molecule has 3 nitrogen and oxygen atoms in total. The Morgan fingerprint density at radius 1 is 1.16 bits per heavy atom. The van der Waals surface area contributed by atoms with Crippen LogP contribution in [0.4, 0.5) is 0 Å². The molecule has 0 radical (unpaired) electrons. The van der Waals surface area contributed by atoms with Gasteiger partial charge in [-0.3, -0.25) is 0 Å². The largest absolute Gasteiger partial charge is 0.478 e. The molecule has 0 saturated carbocycles. The molecule has 3 heteroatoms. The zero-order chi connectivity index (χ0) is 13.8. The van der Waals surface area contributed by atoms with Crippen molar-refractivity contribution in [2.45, 2.75) is 20.3 Å². The second kappa shape index (κ2) is 5.57. The number of carboxylic acid groups (broad SMARTS) is 1. The monoisotopic (exact) mass is 256 g/mol. The summed E-state index contributed by atoms with van der Waals surface area (Å²) in [5.41, 5.74) is 2.35. The molecule has 0 unspecified atom stereocenters. The van der Waals surface area contributed by atoms with E-state index in [1.54, 1.807) is 18.2 Å². The molecule has 0 amide bonds. The average Bonchev–Trinajstić information content (AvgIpc) is 2.39. The molecule has 0 aromatic heterocycles. The molecular weight excluding hydrogens is 240 g/mol. The maximum atomic E-state index is 11.1. The summed E-state index contributed by atoms with van der Waals surface area (Å²) in [7, 11) is 0. The molecule has 2 aromatic rings. The van der Waals surface area contributed by atoms with E-state index in [4.69, 9.17) is 9.84 Å². The summed E-state index contributed by atoms with van der Waals surface area (Å²) in [6.45, 7) is 3.98. The smallest absolute Gasteiger partial charge is 0.339 e. The summed E-state index contributed by atoms with van der Waals surface area (Å²) in [4.78, 5) is 11.1. The molecule has 0 fully saturated rings. The fourth-order valence-corrected chi connectivity index (χ4v) is 1.81. The Bertz CT molecular complexity index is 585. The van der Waals surface area contributed by atoms with Crippen LogP contribution >= 0.6 is 0 Å². The van der Waals surface area contributed by atoms with Gasteiger partial charge in [0.25, 0.3) is 0 Å². The number of aromatic carboxylic acids is 1. The van der Waals surface area contributed by atoms with Crippen molar-refractivity contribution in [3.05, 3.63) is 59.2 Å². The van der Waals surface area contributed by atoms with E-state index in [1.807, 2.05) is 31.2 Å². The second-order valence-electron chi connectivity index (χ2n) is 4.40. The van der Waals surface area contributed by atoms with Crippen LogP contribution in [0.3, 0.4) is 0 Å². The number of hydrogen-bond acceptors (Lipinski definition) is 2. The van der Waals surface area contributed by atoms with Crippen molar-refractivity contribution in [2.75, 3.05) is 0 Å². The van der Waals surface area contributed by atoms with Crippen molar-refractivity contribution < 1.29 is 14.6 Å². The van der Waals surface area contributed by atoms with Crippen LogP contribution in [-0.2, 0) is 6.42 Å². The second-order valence-corrected chi connectivity index (χ2v) is 4.40. The van der Waals surface area contributed by atoms with Gasteiger partial charge >= 0.3 is 5.97 Å². The van der Waals surface area contributed by atoms with E-state index < -0.39 is 5.97 Å². The molecule has 0 bridgehead atoms. The molecule has 1 N–H and O–H groups in total. The number of rotatable bonds is 4. The summed E-state index contributed by atoms with van der Waals surface area (Å²) >= 11 is 0. The van der Waals surface area contributed by atoms with E-state index in [9.17, 15) is 4.79 Å². The molecule has 0 saturated heterocycles. The lowest BCUT2D eigenvalue weighted by atomic mass is 10.1.